The molecule has 2 aromatic rings. The molecule has 0 aromatic heterocycles. The summed E-state index contributed by atoms with van der Waals surface area (Å²) in [6.07, 6.45) is 2.33. The molecule has 1 aliphatic carbocycles. The number of rotatable bonds is 1. The summed E-state index contributed by atoms with van der Waals surface area (Å²) >= 11 is 0. The van der Waals surface area contributed by atoms with Gasteiger partial charge < -0.3 is 0 Å². The lowest BCUT2D eigenvalue weighted by Gasteiger charge is -2.06. The minimum Gasteiger partial charge on any atom is -0.207 e. The third-order valence-electron chi connectivity index (χ3n) is 3.85. The number of fused-ring (bicyclic) bond motifs is 1. The minimum atomic E-state index is -0.124. The molecule has 0 radical (unpaired) electrons. The lowest BCUT2D eigenvalue weighted by Crippen LogP contribution is -1.89. The van der Waals surface area contributed by atoms with Crippen molar-refractivity contribution < 1.29 is 4.39 Å². The van der Waals surface area contributed by atoms with Gasteiger partial charge in [0, 0.05) is 0 Å². The lowest BCUT2D eigenvalue weighted by molar-refractivity contribution is 0.619. The predicted molar refractivity (Wildman–Crippen MR) is 73.1 cm³/mol. The van der Waals surface area contributed by atoms with E-state index in [1.54, 1.807) is 13.0 Å². The third kappa shape index (κ3) is 1.94. The first kappa shape index (κ1) is 11.5. The molecule has 0 heterocycles. The van der Waals surface area contributed by atoms with Crippen LogP contribution in [0.5, 0.6) is 0 Å². The van der Waals surface area contributed by atoms with E-state index in [1.165, 1.54) is 17.5 Å². The lowest BCUT2D eigenvalue weighted by atomic mass is 9.99. The number of halogens is 1. The van der Waals surface area contributed by atoms with Crippen LogP contribution in [0.15, 0.2) is 36.4 Å². The van der Waals surface area contributed by atoms with Gasteiger partial charge in [0.15, 0.2) is 0 Å². The van der Waals surface area contributed by atoms with Crippen molar-refractivity contribution in [1.82, 2.24) is 0 Å². The quantitative estimate of drug-likeness (QED) is 0.686. The van der Waals surface area contributed by atoms with E-state index in [0.717, 1.165) is 23.5 Å². The van der Waals surface area contributed by atoms with E-state index >= 15 is 0 Å². The van der Waals surface area contributed by atoms with Gasteiger partial charge in [0.25, 0.3) is 0 Å². The molecule has 1 heteroatoms. The van der Waals surface area contributed by atoms with Gasteiger partial charge in [0.1, 0.15) is 5.82 Å². The summed E-state index contributed by atoms with van der Waals surface area (Å²) in [6, 6.07) is 12.0. The molecule has 0 saturated carbocycles. The van der Waals surface area contributed by atoms with Crippen molar-refractivity contribution in [3.63, 3.8) is 0 Å². The van der Waals surface area contributed by atoms with Crippen molar-refractivity contribution in [1.29, 1.82) is 0 Å². The second-order valence-electron chi connectivity index (χ2n) is 5.46. The van der Waals surface area contributed by atoms with Crippen molar-refractivity contribution in [3.05, 3.63) is 58.9 Å². The van der Waals surface area contributed by atoms with Crippen LogP contribution in [0.2, 0.25) is 0 Å². The normalized spacial score (nSPS) is 17.8. The Morgan fingerprint density at radius 3 is 2.39 bits per heavy atom. The summed E-state index contributed by atoms with van der Waals surface area (Å²) < 4.78 is 13.6. The van der Waals surface area contributed by atoms with Crippen LogP contribution in [0.25, 0.3) is 11.1 Å². The molecule has 0 fully saturated rings. The first-order chi connectivity index (χ1) is 8.63. The fourth-order valence-corrected chi connectivity index (χ4v) is 2.79. The Labute approximate surface area is 107 Å². The van der Waals surface area contributed by atoms with E-state index in [0.29, 0.717) is 5.56 Å². The second kappa shape index (κ2) is 4.24. The van der Waals surface area contributed by atoms with Gasteiger partial charge in [0.2, 0.25) is 0 Å². The number of benzene rings is 2. The fraction of sp³-hybridized carbons (Fsp3) is 0.294. The summed E-state index contributed by atoms with van der Waals surface area (Å²) in [7, 11) is 0. The molecular formula is C17H17F. The molecule has 1 atom stereocenters. The second-order valence-corrected chi connectivity index (χ2v) is 5.46. The van der Waals surface area contributed by atoms with E-state index in [1.807, 2.05) is 12.1 Å². The third-order valence-corrected chi connectivity index (χ3v) is 3.85. The summed E-state index contributed by atoms with van der Waals surface area (Å²) in [5, 5.41) is 0. The van der Waals surface area contributed by atoms with Gasteiger partial charge in [0.05, 0.1) is 0 Å². The van der Waals surface area contributed by atoms with Crippen LogP contribution in [0.1, 0.15) is 23.6 Å². The van der Waals surface area contributed by atoms with Crippen LogP contribution in [0.4, 0.5) is 4.39 Å². The molecular weight excluding hydrogens is 223 g/mol. The van der Waals surface area contributed by atoms with E-state index in [-0.39, 0.29) is 5.82 Å². The zero-order chi connectivity index (χ0) is 12.7. The van der Waals surface area contributed by atoms with Gasteiger partial charge in [-0.2, -0.15) is 0 Å². The van der Waals surface area contributed by atoms with E-state index in [2.05, 4.69) is 25.1 Å². The molecule has 0 bridgehead atoms. The topological polar surface area (TPSA) is 0 Å². The molecule has 0 aliphatic heterocycles. The summed E-state index contributed by atoms with van der Waals surface area (Å²) in [5.74, 6) is 0.617. The summed E-state index contributed by atoms with van der Waals surface area (Å²) in [4.78, 5) is 0. The summed E-state index contributed by atoms with van der Waals surface area (Å²) in [5.41, 5.74) is 5.69. The first-order valence-electron chi connectivity index (χ1n) is 6.52. The Kier molecular flexibility index (Phi) is 2.70. The standard InChI is InChI=1S/C17H17F/c1-11-7-13-5-6-14(9-16(13)8-11)15-4-3-12(2)17(18)10-15/h3-6,9-11H,7-8H2,1-2H3. The van der Waals surface area contributed by atoms with E-state index in [9.17, 15) is 4.39 Å². The van der Waals surface area contributed by atoms with Crippen molar-refractivity contribution in [2.24, 2.45) is 5.92 Å². The first-order valence-corrected chi connectivity index (χ1v) is 6.52. The van der Waals surface area contributed by atoms with Gasteiger partial charge in [-0.1, -0.05) is 37.3 Å². The van der Waals surface area contributed by atoms with Crippen LogP contribution in [-0.2, 0) is 12.8 Å². The Balaban J connectivity index is 2.03. The molecule has 0 spiro atoms. The SMILES string of the molecule is Cc1ccc(-c2ccc3c(c2)CC(C)C3)cc1F. The average Bonchev–Trinajstić information content (AvgIpc) is 2.71. The molecule has 18 heavy (non-hydrogen) atoms. The molecule has 0 N–H and O–H groups in total. The van der Waals surface area contributed by atoms with Gasteiger partial charge in [-0.3, -0.25) is 0 Å². The molecule has 3 rings (SSSR count). The minimum absolute atomic E-state index is 0.124. The van der Waals surface area contributed by atoms with Crippen molar-refractivity contribution in [2.45, 2.75) is 26.7 Å². The Morgan fingerprint density at radius 2 is 1.61 bits per heavy atom. The molecule has 0 saturated heterocycles. The Hall–Kier alpha value is -1.63. The predicted octanol–water partition coefficient (Wildman–Crippen LogP) is 4.54. The van der Waals surface area contributed by atoms with Crippen LogP contribution in [0.3, 0.4) is 0 Å². The highest BCUT2D eigenvalue weighted by Crippen LogP contribution is 2.31. The number of hydrogen-bond donors (Lipinski definition) is 0. The smallest absolute Gasteiger partial charge is 0.126 e. The molecule has 1 aliphatic rings. The molecule has 2 aromatic carbocycles. The molecule has 0 nitrogen and oxygen atoms in total. The van der Waals surface area contributed by atoms with E-state index < -0.39 is 0 Å². The largest absolute Gasteiger partial charge is 0.207 e. The average molecular weight is 240 g/mol. The van der Waals surface area contributed by atoms with Crippen LogP contribution in [-0.4, -0.2) is 0 Å². The summed E-state index contributed by atoms with van der Waals surface area (Å²) in [6.45, 7) is 4.08. The van der Waals surface area contributed by atoms with Gasteiger partial charge in [-0.25, -0.2) is 4.39 Å². The van der Waals surface area contributed by atoms with E-state index in [4.69, 9.17) is 0 Å². The van der Waals surface area contributed by atoms with Crippen LogP contribution in [0, 0.1) is 18.7 Å². The highest BCUT2D eigenvalue weighted by Gasteiger charge is 2.17. The van der Waals surface area contributed by atoms with Crippen molar-refractivity contribution in [3.8, 4) is 11.1 Å². The van der Waals surface area contributed by atoms with Crippen LogP contribution >= 0.6 is 0 Å². The zero-order valence-corrected chi connectivity index (χ0v) is 10.8. The van der Waals surface area contributed by atoms with Crippen molar-refractivity contribution >= 4 is 0 Å². The highest BCUT2D eigenvalue weighted by atomic mass is 19.1. The maximum atomic E-state index is 13.6. The maximum Gasteiger partial charge on any atom is 0.126 e. The molecule has 1 unspecified atom stereocenters. The van der Waals surface area contributed by atoms with Gasteiger partial charge in [-0.15, -0.1) is 0 Å². The monoisotopic (exact) mass is 240 g/mol. The molecule has 0 amide bonds. The fourth-order valence-electron chi connectivity index (χ4n) is 2.79. The van der Waals surface area contributed by atoms with Crippen LogP contribution < -0.4 is 0 Å². The zero-order valence-electron chi connectivity index (χ0n) is 10.8. The number of aryl methyl sites for hydroxylation is 1. The van der Waals surface area contributed by atoms with Gasteiger partial charge in [-0.05, 0) is 59.6 Å². The van der Waals surface area contributed by atoms with Crippen molar-refractivity contribution in [2.75, 3.05) is 0 Å². The highest BCUT2D eigenvalue weighted by molar-refractivity contribution is 5.65. The number of hydrogen-bond acceptors (Lipinski definition) is 0. The van der Waals surface area contributed by atoms with Gasteiger partial charge >= 0.3 is 0 Å². The Bertz CT molecular complexity index is 599. The Morgan fingerprint density at radius 1 is 0.944 bits per heavy atom. The maximum absolute atomic E-state index is 13.6. The molecule has 92 valence electrons.